The quantitative estimate of drug-likeness (QED) is 0.827. The van der Waals surface area contributed by atoms with Crippen LogP contribution < -0.4 is 9.47 Å². The monoisotopic (exact) mass is 240 g/mol. The molecule has 3 nitrogen and oxygen atoms in total. The summed E-state index contributed by atoms with van der Waals surface area (Å²) in [4.78, 5) is 11.4. The molecule has 3 heteroatoms. The van der Waals surface area contributed by atoms with E-state index >= 15 is 0 Å². The van der Waals surface area contributed by atoms with Crippen molar-refractivity contribution in [3.8, 4) is 11.5 Å². The van der Waals surface area contributed by atoms with Crippen molar-refractivity contribution in [3.63, 3.8) is 0 Å². The number of ether oxygens (including phenoxy) is 2. The van der Waals surface area contributed by atoms with Gasteiger partial charge >= 0.3 is 0 Å². The average molecular weight is 240 g/mol. The van der Waals surface area contributed by atoms with Crippen molar-refractivity contribution in [3.05, 3.63) is 59.7 Å². The molecule has 90 valence electrons. The molecule has 0 unspecified atom stereocenters. The summed E-state index contributed by atoms with van der Waals surface area (Å²) in [6.07, 6.45) is 0. The zero-order chi connectivity index (χ0) is 12.4. The number of hydrogen-bond acceptors (Lipinski definition) is 3. The predicted molar refractivity (Wildman–Crippen MR) is 67.0 cm³/mol. The van der Waals surface area contributed by atoms with Crippen molar-refractivity contribution in [1.82, 2.24) is 0 Å². The van der Waals surface area contributed by atoms with Crippen LogP contribution >= 0.6 is 0 Å². The fourth-order valence-electron chi connectivity index (χ4n) is 1.90. The van der Waals surface area contributed by atoms with Crippen LogP contribution in [0.4, 0.5) is 0 Å². The van der Waals surface area contributed by atoms with Gasteiger partial charge in [0.05, 0.1) is 5.56 Å². The first-order chi connectivity index (χ1) is 8.83. The molecular weight excluding hydrogens is 228 g/mol. The zero-order valence-corrected chi connectivity index (χ0v) is 9.76. The predicted octanol–water partition coefficient (Wildman–Crippen LogP) is 2.84. The number of ketones is 1. The molecule has 0 saturated heterocycles. The second-order valence-electron chi connectivity index (χ2n) is 4.14. The zero-order valence-electron chi connectivity index (χ0n) is 9.76. The first-order valence-corrected chi connectivity index (χ1v) is 5.80. The van der Waals surface area contributed by atoms with Crippen LogP contribution in [0, 0.1) is 0 Å². The molecule has 0 amide bonds. The lowest BCUT2D eigenvalue weighted by molar-refractivity contribution is 0.0961. The van der Waals surface area contributed by atoms with Gasteiger partial charge in [-0.15, -0.1) is 0 Å². The largest absolute Gasteiger partial charge is 0.489 e. The minimum atomic E-state index is 0.0274. The third-order valence-corrected chi connectivity index (χ3v) is 2.86. The molecule has 0 N–H and O–H groups in total. The van der Waals surface area contributed by atoms with E-state index < -0.39 is 0 Å². The first kappa shape index (κ1) is 10.8. The number of fused-ring (bicyclic) bond motifs is 1. The Bertz CT molecular complexity index is 576. The smallest absolute Gasteiger partial charge is 0.203 e. The molecule has 0 aromatic heterocycles. The summed E-state index contributed by atoms with van der Waals surface area (Å²) in [6, 6.07) is 15.3. The molecule has 3 rings (SSSR count). The van der Waals surface area contributed by atoms with Gasteiger partial charge in [0.1, 0.15) is 18.1 Å². The third kappa shape index (κ3) is 2.07. The molecule has 0 aliphatic carbocycles. The second kappa shape index (κ2) is 4.53. The van der Waals surface area contributed by atoms with Crippen molar-refractivity contribution in [2.75, 3.05) is 6.61 Å². The highest BCUT2D eigenvalue weighted by Crippen LogP contribution is 2.29. The van der Waals surface area contributed by atoms with Crippen molar-refractivity contribution < 1.29 is 14.3 Å². The molecule has 18 heavy (non-hydrogen) atoms. The van der Waals surface area contributed by atoms with Crippen molar-refractivity contribution in [1.29, 1.82) is 0 Å². The highest BCUT2D eigenvalue weighted by Gasteiger charge is 2.21. The molecule has 2 aromatic carbocycles. The fraction of sp³-hybridized carbons (Fsp3) is 0.133. The number of hydrogen-bond donors (Lipinski definition) is 0. The van der Waals surface area contributed by atoms with Crippen LogP contribution in [0.1, 0.15) is 15.9 Å². The third-order valence-electron chi connectivity index (χ3n) is 2.86. The molecule has 0 atom stereocenters. The Morgan fingerprint density at radius 2 is 1.94 bits per heavy atom. The van der Waals surface area contributed by atoms with Crippen LogP contribution in [-0.4, -0.2) is 12.4 Å². The number of rotatable bonds is 3. The Kier molecular flexibility index (Phi) is 2.73. The summed E-state index contributed by atoms with van der Waals surface area (Å²) < 4.78 is 10.9. The highest BCUT2D eigenvalue weighted by molar-refractivity contribution is 6.02. The molecule has 0 spiro atoms. The van der Waals surface area contributed by atoms with E-state index in [1.807, 2.05) is 30.3 Å². The van der Waals surface area contributed by atoms with Gasteiger partial charge in [-0.1, -0.05) is 30.3 Å². The van der Waals surface area contributed by atoms with Gasteiger partial charge in [-0.05, 0) is 17.7 Å². The molecule has 1 aliphatic rings. The SMILES string of the molecule is O=C1COc2cc(OCc3ccccc3)ccc21. The summed E-state index contributed by atoms with van der Waals surface area (Å²) >= 11 is 0. The van der Waals surface area contributed by atoms with Crippen LogP contribution in [0.5, 0.6) is 11.5 Å². The maximum absolute atomic E-state index is 11.4. The summed E-state index contributed by atoms with van der Waals surface area (Å²) in [7, 11) is 0. The lowest BCUT2D eigenvalue weighted by Crippen LogP contribution is -1.98. The van der Waals surface area contributed by atoms with Gasteiger partial charge in [0, 0.05) is 6.07 Å². The number of carbonyl (C=O) groups excluding carboxylic acids is 1. The van der Waals surface area contributed by atoms with Gasteiger partial charge in [0.15, 0.2) is 6.61 Å². The Hall–Kier alpha value is -2.29. The van der Waals surface area contributed by atoms with E-state index in [9.17, 15) is 4.79 Å². The van der Waals surface area contributed by atoms with Crippen LogP contribution in [0.15, 0.2) is 48.5 Å². The first-order valence-electron chi connectivity index (χ1n) is 5.80. The minimum Gasteiger partial charge on any atom is -0.489 e. The summed E-state index contributed by atoms with van der Waals surface area (Å²) in [5, 5.41) is 0. The summed E-state index contributed by atoms with van der Waals surface area (Å²) in [5.74, 6) is 1.36. The summed E-state index contributed by atoms with van der Waals surface area (Å²) in [5.41, 5.74) is 1.75. The number of benzene rings is 2. The van der Waals surface area contributed by atoms with Gasteiger partial charge in [0.2, 0.25) is 5.78 Å². The molecule has 0 fully saturated rings. The minimum absolute atomic E-state index is 0.0274. The standard InChI is InChI=1S/C15H12O3/c16-14-10-18-15-8-12(6-7-13(14)15)17-9-11-4-2-1-3-5-11/h1-8H,9-10H2. The van der Waals surface area contributed by atoms with Crippen LogP contribution in [0.25, 0.3) is 0 Å². The summed E-state index contributed by atoms with van der Waals surface area (Å²) in [6.45, 7) is 0.644. The van der Waals surface area contributed by atoms with Gasteiger partial charge in [-0.25, -0.2) is 0 Å². The Balaban J connectivity index is 1.73. The van der Waals surface area contributed by atoms with Crippen LogP contribution in [0.3, 0.4) is 0 Å². The Morgan fingerprint density at radius 1 is 1.11 bits per heavy atom. The van der Waals surface area contributed by atoms with Crippen molar-refractivity contribution in [2.45, 2.75) is 6.61 Å². The van der Waals surface area contributed by atoms with E-state index in [1.54, 1.807) is 18.2 Å². The Morgan fingerprint density at radius 3 is 2.78 bits per heavy atom. The lowest BCUT2D eigenvalue weighted by atomic mass is 10.1. The van der Waals surface area contributed by atoms with Crippen LogP contribution in [0.2, 0.25) is 0 Å². The normalized spacial score (nSPS) is 13.0. The molecule has 2 aromatic rings. The van der Waals surface area contributed by atoms with Gasteiger partial charge in [0.25, 0.3) is 0 Å². The molecule has 0 radical (unpaired) electrons. The van der Waals surface area contributed by atoms with Gasteiger partial charge in [-0.3, -0.25) is 4.79 Å². The van der Waals surface area contributed by atoms with Gasteiger partial charge < -0.3 is 9.47 Å². The highest BCUT2D eigenvalue weighted by atomic mass is 16.5. The lowest BCUT2D eigenvalue weighted by Gasteiger charge is -2.07. The molecular formula is C15H12O3. The number of Topliss-reactive ketones (excluding diaryl/α,β-unsaturated/α-hetero) is 1. The van der Waals surface area contributed by atoms with E-state index in [1.165, 1.54) is 0 Å². The Labute approximate surface area is 105 Å². The topological polar surface area (TPSA) is 35.5 Å². The van der Waals surface area contributed by atoms with E-state index in [2.05, 4.69) is 0 Å². The van der Waals surface area contributed by atoms with Crippen LogP contribution in [-0.2, 0) is 6.61 Å². The molecule has 1 heterocycles. The maximum atomic E-state index is 11.4. The average Bonchev–Trinajstić information content (AvgIpc) is 2.79. The molecule has 0 bridgehead atoms. The second-order valence-corrected chi connectivity index (χ2v) is 4.14. The maximum Gasteiger partial charge on any atom is 0.203 e. The van der Waals surface area contributed by atoms with Crippen molar-refractivity contribution >= 4 is 5.78 Å². The van der Waals surface area contributed by atoms with E-state index in [-0.39, 0.29) is 12.4 Å². The number of carbonyl (C=O) groups is 1. The molecule has 0 saturated carbocycles. The van der Waals surface area contributed by atoms with E-state index in [0.717, 1.165) is 5.56 Å². The fourth-order valence-corrected chi connectivity index (χ4v) is 1.90. The van der Waals surface area contributed by atoms with Crippen molar-refractivity contribution in [2.24, 2.45) is 0 Å². The van der Waals surface area contributed by atoms with E-state index in [4.69, 9.17) is 9.47 Å². The van der Waals surface area contributed by atoms with E-state index in [0.29, 0.717) is 23.7 Å². The molecule has 1 aliphatic heterocycles. The van der Waals surface area contributed by atoms with Gasteiger partial charge in [-0.2, -0.15) is 0 Å².